The first kappa shape index (κ1) is 10.5. The molecule has 2 heterocycles. The topological polar surface area (TPSA) is 72.9 Å². The summed E-state index contributed by atoms with van der Waals surface area (Å²) in [6.07, 6.45) is 1.18. The van der Waals surface area contributed by atoms with Crippen LogP contribution in [-0.4, -0.2) is 44.2 Å². The Morgan fingerprint density at radius 3 is 2.93 bits per heavy atom. The van der Waals surface area contributed by atoms with Gasteiger partial charge in [0.2, 0.25) is 0 Å². The Balaban J connectivity index is 1.87. The number of nitrogens with two attached hydrogens (primary N) is 1. The third-order valence-corrected chi connectivity index (χ3v) is 2.97. The van der Waals surface area contributed by atoms with Gasteiger partial charge in [-0.3, -0.25) is 4.90 Å². The molecule has 6 heteroatoms. The molecule has 2 rings (SSSR count). The van der Waals surface area contributed by atoms with Gasteiger partial charge in [0.25, 0.3) is 0 Å². The molecule has 84 valence electrons. The van der Waals surface area contributed by atoms with Crippen molar-refractivity contribution >= 4 is 0 Å². The maximum atomic E-state index is 5.88. The number of nitrogens with zero attached hydrogens (tertiary/aromatic N) is 5. The first-order valence-corrected chi connectivity index (χ1v) is 5.36. The van der Waals surface area contributed by atoms with Crippen LogP contribution in [0.1, 0.15) is 19.2 Å². The first-order valence-electron chi connectivity index (χ1n) is 5.36. The summed E-state index contributed by atoms with van der Waals surface area (Å²) in [6.45, 7) is 5.01. The van der Waals surface area contributed by atoms with E-state index in [4.69, 9.17) is 5.73 Å². The van der Waals surface area contributed by atoms with Gasteiger partial charge in [-0.25, -0.2) is 0 Å². The Morgan fingerprint density at radius 2 is 2.40 bits per heavy atom. The predicted molar refractivity (Wildman–Crippen MR) is 55.8 cm³/mol. The molecule has 2 atom stereocenters. The van der Waals surface area contributed by atoms with Crippen LogP contribution in [0.3, 0.4) is 0 Å². The van der Waals surface area contributed by atoms with Crippen molar-refractivity contribution in [1.29, 1.82) is 0 Å². The van der Waals surface area contributed by atoms with Crippen molar-refractivity contribution < 1.29 is 0 Å². The van der Waals surface area contributed by atoms with Crippen molar-refractivity contribution in [2.45, 2.75) is 25.9 Å². The maximum Gasteiger partial charge on any atom is 0.188 e. The number of hydrogen-bond donors (Lipinski definition) is 1. The van der Waals surface area contributed by atoms with Crippen molar-refractivity contribution in [3.8, 4) is 0 Å². The second-order valence-electron chi connectivity index (χ2n) is 4.34. The maximum absolute atomic E-state index is 5.88. The van der Waals surface area contributed by atoms with Gasteiger partial charge in [-0.05, 0) is 31.0 Å². The van der Waals surface area contributed by atoms with Gasteiger partial charge in [0.1, 0.15) is 0 Å². The number of aromatic nitrogens is 4. The molecule has 2 N–H and O–H groups in total. The van der Waals surface area contributed by atoms with E-state index in [2.05, 4.69) is 27.2 Å². The zero-order valence-corrected chi connectivity index (χ0v) is 9.30. The van der Waals surface area contributed by atoms with Crippen molar-refractivity contribution in [3.05, 3.63) is 5.82 Å². The summed E-state index contributed by atoms with van der Waals surface area (Å²) in [4.78, 5) is 3.83. The Bertz CT molecular complexity index is 320. The fourth-order valence-corrected chi connectivity index (χ4v) is 2.02. The van der Waals surface area contributed by atoms with Gasteiger partial charge in [-0.2, -0.15) is 4.80 Å². The smallest absolute Gasteiger partial charge is 0.188 e. The normalized spacial score (nSPS) is 24.6. The van der Waals surface area contributed by atoms with E-state index in [9.17, 15) is 0 Å². The first-order chi connectivity index (χ1) is 7.15. The molecule has 0 spiro atoms. The predicted octanol–water partition coefficient (Wildman–Crippen LogP) is -0.621. The molecule has 1 aliphatic rings. The third kappa shape index (κ3) is 2.51. The van der Waals surface area contributed by atoms with Crippen molar-refractivity contribution in [2.75, 3.05) is 13.1 Å². The van der Waals surface area contributed by atoms with Crippen molar-refractivity contribution in [2.24, 2.45) is 18.7 Å². The Kier molecular flexibility index (Phi) is 2.97. The summed E-state index contributed by atoms with van der Waals surface area (Å²) in [5, 5.41) is 12.0. The Hall–Kier alpha value is -1.01. The summed E-state index contributed by atoms with van der Waals surface area (Å²) in [6, 6.07) is 0.282. The molecule has 0 aromatic carbocycles. The van der Waals surface area contributed by atoms with Gasteiger partial charge in [0.05, 0.1) is 13.6 Å². The lowest BCUT2D eigenvalue weighted by molar-refractivity contribution is 0.300. The van der Waals surface area contributed by atoms with E-state index in [1.165, 1.54) is 11.2 Å². The van der Waals surface area contributed by atoms with E-state index in [0.29, 0.717) is 5.92 Å². The van der Waals surface area contributed by atoms with E-state index in [1.807, 2.05) is 0 Å². The van der Waals surface area contributed by atoms with Crippen molar-refractivity contribution in [3.63, 3.8) is 0 Å². The lowest BCUT2D eigenvalue weighted by Gasteiger charge is -2.15. The zero-order valence-electron chi connectivity index (χ0n) is 9.30. The highest BCUT2D eigenvalue weighted by molar-refractivity contribution is 4.85. The lowest BCUT2D eigenvalue weighted by atomic mass is 10.0. The third-order valence-electron chi connectivity index (χ3n) is 2.97. The quantitative estimate of drug-likeness (QED) is 0.719. The van der Waals surface area contributed by atoms with Gasteiger partial charge in [-0.15, -0.1) is 10.2 Å². The minimum Gasteiger partial charge on any atom is -0.328 e. The molecule has 1 saturated heterocycles. The number of hydrogen-bond acceptors (Lipinski definition) is 5. The van der Waals surface area contributed by atoms with E-state index >= 15 is 0 Å². The van der Waals surface area contributed by atoms with Crippen LogP contribution in [0.15, 0.2) is 0 Å². The number of rotatable bonds is 3. The summed E-state index contributed by atoms with van der Waals surface area (Å²) < 4.78 is 0. The summed E-state index contributed by atoms with van der Waals surface area (Å²) in [5.74, 6) is 1.41. The highest BCUT2D eigenvalue weighted by Crippen LogP contribution is 2.19. The van der Waals surface area contributed by atoms with E-state index in [1.54, 1.807) is 7.05 Å². The fraction of sp³-hybridized carbons (Fsp3) is 0.889. The second-order valence-corrected chi connectivity index (χ2v) is 4.34. The number of likely N-dealkylation sites (tertiary alicyclic amines) is 1. The molecule has 1 aromatic heterocycles. The second kappa shape index (κ2) is 4.24. The monoisotopic (exact) mass is 210 g/mol. The van der Waals surface area contributed by atoms with Crippen LogP contribution in [0.4, 0.5) is 0 Å². The molecule has 0 amide bonds. The van der Waals surface area contributed by atoms with Crippen LogP contribution in [0, 0.1) is 5.92 Å². The van der Waals surface area contributed by atoms with Crippen LogP contribution in [0.25, 0.3) is 0 Å². The largest absolute Gasteiger partial charge is 0.328 e. The standard InChI is InChI=1S/C9H18N6/c1-7(10)8-3-4-15(5-8)6-9-11-13-14(2)12-9/h7-8H,3-6,10H2,1-2H3. The van der Waals surface area contributed by atoms with Crippen LogP contribution in [-0.2, 0) is 13.6 Å². The average molecular weight is 210 g/mol. The molecule has 6 nitrogen and oxygen atoms in total. The van der Waals surface area contributed by atoms with Gasteiger partial charge in [0.15, 0.2) is 5.82 Å². The minimum atomic E-state index is 0.282. The van der Waals surface area contributed by atoms with E-state index in [-0.39, 0.29) is 6.04 Å². The molecule has 0 saturated carbocycles. The molecular weight excluding hydrogens is 192 g/mol. The van der Waals surface area contributed by atoms with Gasteiger partial charge in [0, 0.05) is 12.6 Å². The Morgan fingerprint density at radius 1 is 1.60 bits per heavy atom. The van der Waals surface area contributed by atoms with E-state index in [0.717, 1.165) is 25.5 Å². The van der Waals surface area contributed by atoms with Crippen LogP contribution in [0.5, 0.6) is 0 Å². The fourth-order valence-electron chi connectivity index (χ4n) is 2.02. The summed E-state index contributed by atoms with van der Waals surface area (Å²) >= 11 is 0. The van der Waals surface area contributed by atoms with Crippen LogP contribution >= 0.6 is 0 Å². The van der Waals surface area contributed by atoms with Gasteiger partial charge >= 0.3 is 0 Å². The van der Waals surface area contributed by atoms with E-state index < -0.39 is 0 Å². The molecule has 1 aromatic rings. The molecule has 0 bridgehead atoms. The number of tetrazole rings is 1. The molecule has 0 aliphatic carbocycles. The summed E-state index contributed by atoms with van der Waals surface area (Å²) in [5.41, 5.74) is 5.88. The Labute approximate surface area is 89.4 Å². The number of aryl methyl sites for hydroxylation is 1. The SMILES string of the molecule is CC(N)C1CCN(Cc2nnn(C)n2)C1. The zero-order chi connectivity index (χ0) is 10.8. The van der Waals surface area contributed by atoms with Gasteiger partial charge in [-0.1, -0.05) is 0 Å². The van der Waals surface area contributed by atoms with Crippen molar-refractivity contribution in [1.82, 2.24) is 25.1 Å². The average Bonchev–Trinajstić information content (AvgIpc) is 2.76. The highest BCUT2D eigenvalue weighted by atomic mass is 15.6. The molecule has 1 fully saturated rings. The van der Waals surface area contributed by atoms with Gasteiger partial charge < -0.3 is 5.73 Å². The molecule has 1 aliphatic heterocycles. The molecule has 15 heavy (non-hydrogen) atoms. The van der Waals surface area contributed by atoms with Crippen LogP contribution in [0.2, 0.25) is 0 Å². The highest BCUT2D eigenvalue weighted by Gasteiger charge is 2.25. The lowest BCUT2D eigenvalue weighted by Crippen LogP contribution is -2.29. The molecular formula is C9H18N6. The minimum absolute atomic E-state index is 0.282. The van der Waals surface area contributed by atoms with Crippen LogP contribution < -0.4 is 5.73 Å². The molecule has 2 unspecified atom stereocenters. The summed E-state index contributed by atoms with van der Waals surface area (Å²) in [7, 11) is 1.78. The molecule has 0 radical (unpaired) electrons.